The number of nitrogens with zero attached hydrogens (tertiary/aromatic N) is 2. The number of guanidine groups is 1. The molecule has 1 saturated carbocycles. The van der Waals surface area contributed by atoms with Crippen LogP contribution in [0, 0.1) is 11.7 Å². The first kappa shape index (κ1) is 19.9. The van der Waals surface area contributed by atoms with Crippen molar-refractivity contribution < 1.29 is 4.39 Å². The fraction of sp³-hybridized carbons (Fsp3) is 0.458. The van der Waals surface area contributed by atoms with Gasteiger partial charge in [-0.1, -0.05) is 42.5 Å². The van der Waals surface area contributed by atoms with Crippen LogP contribution >= 0.6 is 0 Å². The molecule has 0 aromatic heterocycles. The molecule has 1 aliphatic heterocycles. The molecular formula is C24H31FN4. The molecule has 0 spiro atoms. The highest BCUT2D eigenvalue weighted by Gasteiger charge is 2.37. The number of halogens is 1. The summed E-state index contributed by atoms with van der Waals surface area (Å²) in [6, 6.07) is 18.1. The zero-order valence-electron chi connectivity index (χ0n) is 17.2. The summed E-state index contributed by atoms with van der Waals surface area (Å²) >= 11 is 0. The van der Waals surface area contributed by atoms with Crippen LogP contribution in [0.25, 0.3) is 0 Å². The number of benzene rings is 2. The lowest BCUT2D eigenvalue weighted by molar-refractivity contribution is 0.198. The third-order valence-electron chi connectivity index (χ3n) is 6.15. The topological polar surface area (TPSA) is 39.7 Å². The molecule has 2 N–H and O–H groups in total. The normalized spacial score (nSPS) is 23.0. The Balaban J connectivity index is 1.17. The Hall–Kier alpha value is -2.40. The molecule has 4 nitrogen and oxygen atoms in total. The van der Waals surface area contributed by atoms with Crippen LogP contribution in [-0.2, 0) is 6.54 Å². The first-order chi connectivity index (χ1) is 14.2. The van der Waals surface area contributed by atoms with E-state index < -0.39 is 0 Å². The Kier molecular flexibility index (Phi) is 6.45. The van der Waals surface area contributed by atoms with Crippen molar-refractivity contribution in [3.63, 3.8) is 0 Å². The second kappa shape index (κ2) is 9.40. The Morgan fingerprint density at radius 1 is 1.07 bits per heavy atom. The largest absolute Gasteiger partial charge is 0.356 e. The maximum atomic E-state index is 13.1. The van der Waals surface area contributed by atoms with Crippen molar-refractivity contribution >= 4 is 5.96 Å². The van der Waals surface area contributed by atoms with Crippen LogP contribution in [-0.4, -0.2) is 43.6 Å². The summed E-state index contributed by atoms with van der Waals surface area (Å²) in [6.45, 7) is 3.96. The lowest BCUT2D eigenvalue weighted by Crippen LogP contribution is -2.48. The highest BCUT2D eigenvalue weighted by molar-refractivity contribution is 5.80. The van der Waals surface area contributed by atoms with Gasteiger partial charge in [0.1, 0.15) is 5.82 Å². The van der Waals surface area contributed by atoms with Gasteiger partial charge in [0, 0.05) is 39.3 Å². The van der Waals surface area contributed by atoms with Crippen LogP contribution in [0.15, 0.2) is 59.6 Å². The summed E-state index contributed by atoms with van der Waals surface area (Å²) in [5.41, 5.74) is 2.63. The Bertz CT molecular complexity index is 797. The van der Waals surface area contributed by atoms with Crippen LogP contribution in [0.4, 0.5) is 4.39 Å². The minimum atomic E-state index is -0.170. The van der Waals surface area contributed by atoms with Gasteiger partial charge in [-0.2, -0.15) is 0 Å². The molecule has 29 heavy (non-hydrogen) atoms. The first-order valence-electron chi connectivity index (χ1n) is 10.7. The smallest absolute Gasteiger partial charge is 0.191 e. The minimum absolute atomic E-state index is 0.170. The van der Waals surface area contributed by atoms with E-state index in [-0.39, 0.29) is 5.82 Å². The van der Waals surface area contributed by atoms with E-state index in [1.807, 2.05) is 19.2 Å². The predicted molar refractivity (Wildman–Crippen MR) is 116 cm³/mol. The first-order valence-corrected chi connectivity index (χ1v) is 10.7. The molecule has 2 aromatic carbocycles. The summed E-state index contributed by atoms with van der Waals surface area (Å²) in [6.07, 6.45) is 3.45. The van der Waals surface area contributed by atoms with E-state index in [0.29, 0.717) is 17.9 Å². The summed E-state index contributed by atoms with van der Waals surface area (Å²) < 4.78 is 13.1. The van der Waals surface area contributed by atoms with Gasteiger partial charge in [-0.05, 0) is 54.4 Å². The molecule has 2 aromatic rings. The fourth-order valence-corrected chi connectivity index (χ4v) is 4.28. The standard InChI is InChI=1S/C24H31FN4/c1-26-24(27-16-20-15-23(20)19-5-3-2-4-6-19)28-22-11-13-29(14-12-22)17-18-7-9-21(25)10-8-18/h2-10,20,22-23H,11-17H2,1H3,(H2,26,27,28). The summed E-state index contributed by atoms with van der Waals surface area (Å²) in [5.74, 6) is 2.14. The molecule has 1 heterocycles. The highest BCUT2D eigenvalue weighted by Crippen LogP contribution is 2.46. The van der Waals surface area contributed by atoms with Crippen molar-refractivity contribution in [1.29, 1.82) is 0 Å². The van der Waals surface area contributed by atoms with Gasteiger partial charge in [-0.3, -0.25) is 9.89 Å². The quantitative estimate of drug-likeness (QED) is 0.579. The average molecular weight is 395 g/mol. The zero-order chi connectivity index (χ0) is 20.1. The average Bonchev–Trinajstić information content (AvgIpc) is 3.54. The van der Waals surface area contributed by atoms with Crippen LogP contribution in [0.3, 0.4) is 0 Å². The number of rotatable bonds is 6. The van der Waals surface area contributed by atoms with Gasteiger partial charge >= 0.3 is 0 Å². The number of likely N-dealkylation sites (tertiary alicyclic amines) is 1. The molecule has 2 fully saturated rings. The number of hydrogen-bond acceptors (Lipinski definition) is 2. The van der Waals surface area contributed by atoms with E-state index in [1.54, 1.807) is 12.1 Å². The third kappa shape index (κ3) is 5.57. The summed E-state index contributed by atoms with van der Waals surface area (Å²) in [4.78, 5) is 6.86. The molecule has 2 atom stereocenters. The van der Waals surface area contributed by atoms with Crippen LogP contribution in [0.1, 0.15) is 36.3 Å². The van der Waals surface area contributed by atoms with Gasteiger partial charge in [-0.25, -0.2) is 4.39 Å². The van der Waals surface area contributed by atoms with Crippen molar-refractivity contribution in [2.24, 2.45) is 10.9 Å². The molecule has 2 unspecified atom stereocenters. The van der Waals surface area contributed by atoms with E-state index in [1.165, 1.54) is 17.5 Å². The molecule has 154 valence electrons. The molecular weight excluding hydrogens is 363 g/mol. The molecule has 1 aliphatic carbocycles. The number of piperidine rings is 1. The molecule has 5 heteroatoms. The second-order valence-corrected chi connectivity index (χ2v) is 8.29. The van der Waals surface area contributed by atoms with Gasteiger partial charge in [0.25, 0.3) is 0 Å². The van der Waals surface area contributed by atoms with Crippen molar-refractivity contribution in [2.45, 2.75) is 37.8 Å². The van der Waals surface area contributed by atoms with Crippen molar-refractivity contribution in [3.8, 4) is 0 Å². The van der Waals surface area contributed by atoms with Crippen LogP contribution < -0.4 is 10.6 Å². The summed E-state index contributed by atoms with van der Waals surface area (Å²) in [7, 11) is 1.85. The Labute approximate surface area is 173 Å². The zero-order valence-corrected chi connectivity index (χ0v) is 17.2. The van der Waals surface area contributed by atoms with E-state index in [4.69, 9.17) is 0 Å². The van der Waals surface area contributed by atoms with E-state index in [0.717, 1.165) is 45.0 Å². The molecule has 0 amide bonds. The lowest BCUT2D eigenvalue weighted by atomic mass is 10.0. The molecule has 1 saturated heterocycles. The second-order valence-electron chi connectivity index (χ2n) is 8.29. The third-order valence-corrected chi connectivity index (χ3v) is 6.15. The van der Waals surface area contributed by atoms with Crippen LogP contribution in [0.5, 0.6) is 0 Å². The summed E-state index contributed by atoms with van der Waals surface area (Å²) in [5, 5.41) is 7.12. The van der Waals surface area contributed by atoms with Crippen LogP contribution in [0.2, 0.25) is 0 Å². The van der Waals surface area contributed by atoms with E-state index in [2.05, 4.69) is 50.9 Å². The van der Waals surface area contributed by atoms with Gasteiger partial charge in [0.05, 0.1) is 0 Å². The van der Waals surface area contributed by atoms with Gasteiger partial charge < -0.3 is 10.6 Å². The van der Waals surface area contributed by atoms with E-state index >= 15 is 0 Å². The Morgan fingerprint density at radius 3 is 2.48 bits per heavy atom. The monoisotopic (exact) mass is 394 g/mol. The van der Waals surface area contributed by atoms with Gasteiger partial charge in [-0.15, -0.1) is 0 Å². The van der Waals surface area contributed by atoms with Crippen molar-refractivity contribution in [2.75, 3.05) is 26.7 Å². The van der Waals surface area contributed by atoms with E-state index in [9.17, 15) is 4.39 Å². The fourth-order valence-electron chi connectivity index (χ4n) is 4.28. The van der Waals surface area contributed by atoms with Crippen molar-refractivity contribution in [3.05, 3.63) is 71.5 Å². The number of aliphatic imine (C=N–C) groups is 1. The van der Waals surface area contributed by atoms with Gasteiger partial charge in [0.2, 0.25) is 0 Å². The molecule has 0 bridgehead atoms. The number of hydrogen-bond donors (Lipinski definition) is 2. The van der Waals surface area contributed by atoms with Gasteiger partial charge in [0.15, 0.2) is 5.96 Å². The van der Waals surface area contributed by atoms with Crippen molar-refractivity contribution in [1.82, 2.24) is 15.5 Å². The number of nitrogens with one attached hydrogen (secondary N) is 2. The predicted octanol–water partition coefficient (Wildman–Crippen LogP) is 3.76. The Morgan fingerprint density at radius 2 is 1.79 bits per heavy atom. The molecule has 4 rings (SSSR count). The minimum Gasteiger partial charge on any atom is -0.356 e. The molecule has 0 radical (unpaired) electrons. The lowest BCUT2D eigenvalue weighted by Gasteiger charge is -2.33. The molecule has 2 aliphatic rings. The highest BCUT2D eigenvalue weighted by atomic mass is 19.1. The maximum Gasteiger partial charge on any atom is 0.191 e. The SMILES string of the molecule is CN=C(NCC1CC1c1ccccc1)NC1CCN(Cc2ccc(F)cc2)CC1. The maximum absolute atomic E-state index is 13.1.